The van der Waals surface area contributed by atoms with E-state index in [1.807, 2.05) is 0 Å². The van der Waals surface area contributed by atoms with Gasteiger partial charge >= 0.3 is 5.97 Å². The van der Waals surface area contributed by atoms with Gasteiger partial charge in [0.05, 0.1) is 6.42 Å². The molecule has 1 aromatic rings. The number of ether oxygens (including phenoxy) is 1. The number of carbonyl (C=O) groups excluding carboxylic acids is 2. The molecule has 0 unspecified atom stereocenters. The summed E-state index contributed by atoms with van der Waals surface area (Å²) >= 11 is 0. The summed E-state index contributed by atoms with van der Waals surface area (Å²) in [4.78, 5) is 21.0. The summed E-state index contributed by atoms with van der Waals surface area (Å²) in [7, 11) is 0. The van der Waals surface area contributed by atoms with E-state index in [0.29, 0.717) is 5.75 Å². The molecule has 1 radical (unpaired) electrons. The molecule has 73 valence electrons. The molecule has 1 rings (SSSR count). The van der Waals surface area contributed by atoms with Crippen molar-refractivity contribution in [3.63, 3.8) is 0 Å². The van der Waals surface area contributed by atoms with Crippen LogP contribution in [-0.4, -0.2) is 11.9 Å². The maximum Gasteiger partial charge on any atom is 0.308 e. The molecular formula is C10H10NO3. The van der Waals surface area contributed by atoms with Crippen LogP contribution in [0.25, 0.3) is 0 Å². The van der Waals surface area contributed by atoms with Gasteiger partial charge in [-0.3, -0.25) is 15.3 Å². The lowest BCUT2D eigenvalue weighted by molar-refractivity contribution is -0.131. The van der Waals surface area contributed by atoms with Crippen LogP contribution in [0.2, 0.25) is 0 Å². The van der Waals surface area contributed by atoms with Gasteiger partial charge in [-0.15, -0.1) is 0 Å². The molecule has 4 nitrogen and oxygen atoms in total. The number of amides is 1. The van der Waals surface area contributed by atoms with E-state index in [1.54, 1.807) is 24.3 Å². The van der Waals surface area contributed by atoms with E-state index in [-0.39, 0.29) is 12.4 Å². The van der Waals surface area contributed by atoms with Gasteiger partial charge in [0.25, 0.3) is 0 Å². The van der Waals surface area contributed by atoms with Crippen LogP contribution >= 0.6 is 0 Å². The van der Waals surface area contributed by atoms with E-state index in [4.69, 9.17) is 10.5 Å². The minimum Gasteiger partial charge on any atom is -0.427 e. The average Bonchev–Trinajstić information content (AvgIpc) is 2.06. The molecule has 4 heteroatoms. The van der Waals surface area contributed by atoms with Crippen molar-refractivity contribution in [1.29, 1.82) is 0 Å². The van der Waals surface area contributed by atoms with Gasteiger partial charge < -0.3 is 4.74 Å². The van der Waals surface area contributed by atoms with Crippen molar-refractivity contribution >= 4 is 11.9 Å². The number of nitrogens with one attached hydrogen (secondary N) is 1. The van der Waals surface area contributed by atoms with Crippen LogP contribution in [0.3, 0.4) is 0 Å². The predicted molar refractivity (Wildman–Crippen MR) is 49.6 cm³/mol. The van der Waals surface area contributed by atoms with Gasteiger partial charge in [-0.1, -0.05) is 12.1 Å². The minimum atomic E-state index is -0.634. The summed E-state index contributed by atoms with van der Waals surface area (Å²) < 4.78 is 4.80. The Morgan fingerprint density at radius 2 is 1.86 bits per heavy atom. The van der Waals surface area contributed by atoms with E-state index < -0.39 is 5.91 Å². The third-order valence-corrected chi connectivity index (χ3v) is 1.55. The lowest BCUT2D eigenvalue weighted by Gasteiger charge is -2.01. The zero-order valence-electron chi connectivity index (χ0n) is 7.74. The zero-order valence-corrected chi connectivity index (χ0v) is 7.74. The number of benzene rings is 1. The van der Waals surface area contributed by atoms with Gasteiger partial charge in [-0.25, -0.2) is 0 Å². The number of hydrogen-bond acceptors (Lipinski definition) is 3. The van der Waals surface area contributed by atoms with Crippen molar-refractivity contribution < 1.29 is 14.3 Å². The normalized spacial score (nSPS) is 9.50. The van der Waals surface area contributed by atoms with Crippen molar-refractivity contribution in [2.24, 2.45) is 0 Å². The molecule has 0 atom stereocenters. The Kier molecular flexibility index (Phi) is 3.23. The molecule has 1 N–H and O–H groups in total. The van der Waals surface area contributed by atoms with Crippen LogP contribution < -0.4 is 10.5 Å². The Bertz CT molecular complexity index is 308. The van der Waals surface area contributed by atoms with E-state index in [9.17, 15) is 9.59 Å². The van der Waals surface area contributed by atoms with Crippen LogP contribution in [0.1, 0.15) is 12.5 Å². The van der Waals surface area contributed by atoms with Crippen molar-refractivity contribution in [3.8, 4) is 5.75 Å². The summed E-state index contributed by atoms with van der Waals surface area (Å²) in [5.74, 6) is -0.571. The minimum absolute atomic E-state index is 0.0837. The Morgan fingerprint density at radius 3 is 2.29 bits per heavy atom. The third-order valence-electron chi connectivity index (χ3n) is 1.55. The third kappa shape index (κ3) is 3.26. The molecule has 0 spiro atoms. The highest BCUT2D eigenvalue weighted by atomic mass is 16.5. The van der Waals surface area contributed by atoms with Crippen molar-refractivity contribution in [1.82, 2.24) is 5.73 Å². The molecule has 0 saturated carbocycles. The van der Waals surface area contributed by atoms with Gasteiger partial charge in [-0.2, -0.15) is 0 Å². The largest absolute Gasteiger partial charge is 0.427 e. The van der Waals surface area contributed by atoms with Gasteiger partial charge in [0.2, 0.25) is 5.91 Å². The summed E-state index contributed by atoms with van der Waals surface area (Å²) in [6, 6.07) is 6.51. The molecule has 0 aliphatic rings. The summed E-state index contributed by atoms with van der Waals surface area (Å²) in [6.07, 6.45) is 0.0837. The molecule has 14 heavy (non-hydrogen) atoms. The maximum atomic E-state index is 10.6. The van der Waals surface area contributed by atoms with Crippen LogP contribution in [0.15, 0.2) is 24.3 Å². The molecule has 0 saturated heterocycles. The second-order valence-corrected chi connectivity index (χ2v) is 2.84. The molecule has 1 amide bonds. The first-order valence-corrected chi connectivity index (χ1v) is 4.09. The lowest BCUT2D eigenvalue weighted by atomic mass is 10.1. The SMILES string of the molecule is CC(=O)Oc1ccc(CC([NH])=O)cc1. The van der Waals surface area contributed by atoms with Crippen LogP contribution in [0.4, 0.5) is 0 Å². The monoisotopic (exact) mass is 192 g/mol. The first-order chi connectivity index (χ1) is 6.58. The Morgan fingerprint density at radius 1 is 1.29 bits per heavy atom. The number of hydrogen-bond donors (Lipinski definition) is 0. The summed E-state index contributed by atoms with van der Waals surface area (Å²) in [5, 5.41) is 0. The molecule has 0 bridgehead atoms. The second-order valence-electron chi connectivity index (χ2n) is 2.84. The molecule has 1 aromatic carbocycles. The fourth-order valence-electron chi connectivity index (χ4n) is 1.03. The highest BCUT2D eigenvalue weighted by Crippen LogP contribution is 2.12. The number of rotatable bonds is 3. The van der Waals surface area contributed by atoms with Gasteiger partial charge in [0.15, 0.2) is 0 Å². The van der Waals surface area contributed by atoms with E-state index in [1.165, 1.54) is 6.92 Å². The average molecular weight is 192 g/mol. The van der Waals surface area contributed by atoms with Crippen LogP contribution in [0, 0.1) is 0 Å². The molecule has 0 heterocycles. The highest BCUT2D eigenvalue weighted by Gasteiger charge is 2.00. The quantitative estimate of drug-likeness (QED) is 0.529. The van der Waals surface area contributed by atoms with Crippen molar-refractivity contribution in [3.05, 3.63) is 29.8 Å². The second kappa shape index (κ2) is 4.41. The van der Waals surface area contributed by atoms with Crippen LogP contribution in [0.5, 0.6) is 5.75 Å². The standard InChI is InChI=1S/C10H10NO3/c1-7(12)14-9-4-2-8(3-5-9)6-10(11)13/h2-5,11H,6H2,1H3. The topological polar surface area (TPSA) is 67.2 Å². The van der Waals surface area contributed by atoms with E-state index >= 15 is 0 Å². The summed E-state index contributed by atoms with van der Waals surface area (Å²) in [6.45, 7) is 1.32. The highest BCUT2D eigenvalue weighted by molar-refractivity contribution is 5.76. The molecular weight excluding hydrogens is 182 g/mol. The molecule has 0 aliphatic carbocycles. The van der Waals surface area contributed by atoms with Gasteiger partial charge in [-0.05, 0) is 17.7 Å². The fraction of sp³-hybridized carbons (Fsp3) is 0.200. The first kappa shape index (κ1) is 10.2. The summed E-state index contributed by atoms with van der Waals surface area (Å²) in [5.41, 5.74) is 7.49. The molecule has 0 fully saturated rings. The van der Waals surface area contributed by atoms with Crippen LogP contribution in [-0.2, 0) is 16.0 Å². The van der Waals surface area contributed by atoms with Gasteiger partial charge in [0, 0.05) is 6.92 Å². The smallest absolute Gasteiger partial charge is 0.308 e. The van der Waals surface area contributed by atoms with Gasteiger partial charge in [0.1, 0.15) is 5.75 Å². The Labute approximate surface area is 81.7 Å². The molecule has 0 aliphatic heterocycles. The maximum absolute atomic E-state index is 10.6. The Balaban J connectivity index is 2.68. The fourth-order valence-corrected chi connectivity index (χ4v) is 1.03. The first-order valence-electron chi connectivity index (χ1n) is 4.09. The van der Waals surface area contributed by atoms with E-state index in [2.05, 4.69) is 0 Å². The van der Waals surface area contributed by atoms with E-state index in [0.717, 1.165) is 5.56 Å². The number of carbonyl (C=O) groups is 2. The van der Waals surface area contributed by atoms with Crippen molar-refractivity contribution in [2.75, 3.05) is 0 Å². The number of esters is 1. The zero-order chi connectivity index (χ0) is 10.6. The predicted octanol–water partition coefficient (Wildman–Crippen LogP) is 0.964. The lowest BCUT2D eigenvalue weighted by Crippen LogP contribution is -2.03. The van der Waals surface area contributed by atoms with Crippen molar-refractivity contribution in [2.45, 2.75) is 13.3 Å². The Hall–Kier alpha value is -1.84. The molecule has 0 aromatic heterocycles.